The predicted molar refractivity (Wildman–Crippen MR) is 73.6 cm³/mol. The average molecular weight is 258 g/mol. The van der Waals surface area contributed by atoms with Crippen molar-refractivity contribution in [3.63, 3.8) is 0 Å². The maximum absolute atomic E-state index is 9.14. The summed E-state index contributed by atoms with van der Waals surface area (Å²) in [4.78, 5) is 0. The van der Waals surface area contributed by atoms with Crippen LogP contribution >= 0.6 is 0 Å². The molecule has 1 unspecified atom stereocenters. The molecule has 1 saturated heterocycles. The molecule has 4 nitrogen and oxygen atoms in total. The van der Waals surface area contributed by atoms with Crippen molar-refractivity contribution < 1.29 is 19.5 Å². The maximum atomic E-state index is 9.14. The van der Waals surface area contributed by atoms with Gasteiger partial charge in [0.2, 0.25) is 0 Å². The van der Waals surface area contributed by atoms with Crippen LogP contribution in [0.4, 0.5) is 0 Å². The van der Waals surface area contributed by atoms with Crippen molar-refractivity contribution in [2.45, 2.75) is 12.5 Å². The minimum Gasteiger partial charge on any atom is -0.488 e. The Bertz CT molecular complexity index is 579. The average Bonchev–Trinajstić information content (AvgIpc) is 2.91. The Morgan fingerprint density at radius 3 is 2.63 bits per heavy atom. The van der Waals surface area contributed by atoms with E-state index >= 15 is 0 Å². The van der Waals surface area contributed by atoms with Gasteiger partial charge < -0.3 is 19.5 Å². The first-order valence-electron chi connectivity index (χ1n) is 6.36. The van der Waals surface area contributed by atoms with Crippen LogP contribution in [0, 0.1) is 0 Å². The van der Waals surface area contributed by atoms with Crippen LogP contribution in [-0.4, -0.2) is 36.5 Å². The lowest BCUT2D eigenvalue weighted by Gasteiger charge is -2.12. The summed E-state index contributed by atoms with van der Waals surface area (Å²) in [5.74, 6) is 0.820. The van der Waals surface area contributed by atoms with Crippen LogP contribution in [0.5, 0.6) is 5.75 Å². The van der Waals surface area contributed by atoms with Crippen LogP contribution in [0.3, 0.4) is 0 Å². The molecule has 2 aromatic rings. The molecule has 3 rings (SSSR count). The fourth-order valence-electron chi connectivity index (χ4n) is 2.27. The number of hydrogen-bond acceptors (Lipinski definition) is 4. The van der Waals surface area contributed by atoms with Gasteiger partial charge in [0.15, 0.2) is 0 Å². The second kappa shape index (κ2) is 5.21. The highest BCUT2D eigenvalue weighted by Gasteiger charge is 2.17. The summed E-state index contributed by atoms with van der Waals surface area (Å²) in [5, 5.41) is 20.3. The van der Waals surface area contributed by atoms with Crippen molar-refractivity contribution in [3.05, 3.63) is 36.4 Å². The minimum atomic E-state index is -1.43. The largest absolute Gasteiger partial charge is 0.488 e. The monoisotopic (exact) mass is 258 g/mol. The van der Waals surface area contributed by atoms with E-state index in [4.69, 9.17) is 19.5 Å². The van der Waals surface area contributed by atoms with Crippen molar-refractivity contribution in [1.82, 2.24) is 0 Å². The van der Waals surface area contributed by atoms with Crippen molar-refractivity contribution in [2.75, 3.05) is 13.2 Å². The van der Waals surface area contributed by atoms with Gasteiger partial charge in [0, 0.05) is 6.42 Å². The third-order valence-electron chi connectivity index (χ3n) is 3.32. The van der Waals surface area contributed by atoms with Gasteiger partial charge in [0.1, 0.15) is 11.9 Å². The van der Waals surface area contributed by atoms with E-state index in [1.165, 1.54) is 0 Å². The molecule has 1 fully saturated rings. The van der Waals surface area contributed by atoms with Crippen LogP contribution in [0.25, 0.3) is 10.8 Å². The second-order valence-electron chi connectivity index (χ2n) is 4.75. The highest BCUT2D eigenvalue weighted by molar-refractivity contribution is 6.58. The lowest BCUT2D eigenvalue weighted by atomic mass is 9.79. The van der Waals surface area contributed by atoms with Gasteiger partial charge >= 0.3 is 7.12 Å². The molecule has 0 amide bonds. The van der Waals surface area contributed by atoms with Crippen LogP contribution in [0.15, 0.2) is 36.4 Å². The summed E-state index contributed by atoms with van der Waals surface area (Å²) in [6.07, 6.45) is 1.06. The highest BCUT2D eigenvalue weighted by Crippen LogP contribution is 2.22. The molecule has 0 aliphatic carbocycles. The summed E-state index contributed by atoms with van der Waals surface area (Å²) in [6, 6.07) is 11.1. The lowest BCUT2D eigenvalue weighted by molar-refractivity contribution is 0.141. The summed E-state index contributed by atoms with van der Waals surface area (Å²) in [6.45, 7) is 1.41. The molecule has 0 spiro atoms. The van der Waals surface area contributed by atoms with Crippen molar-refractivity contribution in [3.8, 4) is 5.75 Å². The molecule has 1 aliphatic rings. The number of ether oxygens (including phenoxy) is 2. The fourth-order valence-corrected chi connectivity index (χ4v) is 2.27. The molecule has 0 aromatic heterocycles. The molecule has 1 aliphatic heterocycles. The van der Waals surface area contributed by atoms with Crippen molar-refractivity contribution in [2.24, 2.45) is 0 Å². The maximum Gasteiger partial charge on any atom is 0.488 e. The van der Waals surface area contributed by atoms with Gasteiger partial charge in [-0.25, -0.2) is 0 Å². The summed E-state index contributed by atoms with van der Waals surface area (Å²) < 4.78 is 11.1. The van der Waals surface area contributed by atoms with E-state index in [1.807, 2.05) is 24.3 Å². The number of benzene rings is 2. The Balaban J connectivity index is 1.86. The Labute approximate surface area is 111 Å². The Kier molecular flexibility index (Phi) is 3.42. The van der Waals surface area contributed by atoms with Gasteiger partial charge in [-0.3, -0.25) is 0 Å². The minimum absolute atomic E-state index is 0.135. The molecule has 1 heterocycles. The van der Waals surface area contributed by atoms with Gasteiger partial charge in [0.25, 0.3) is 0 Å². The van der Waals surface area contributed by atoms with Crippen molar-refractivity contribution >= 4 is 23.4 Å². The zero-order valence-electron chi connectivity index (χ0n) is 10.5. The molecule has 1 atom stereocenters. The second-order valence-corrected chi connectivity index (χ2v) is 4.75. The number of rotatable bonds is 3. The van der Waals surface area contributed by atoms with Crippen molar-refractivity contribution in [1.29, 1.82) is 0 Å². The van der Waals surface area contributed by atoms with E-state index < -0.39 is 7.12 Å². The summed E-state index contributed by atoms with van der Waals surface area (Å²) in [5.41, 5.74) is 0.491. The van der Waals surface area contributed by atoms with Gasteiger partial charge in [-0.2, -0.15) is 0 Å². The van der Waals surface area contributed by atoms with E-state index in [2.05, 4.69) is 0 Å². The Morgan fingerprint density at radius 1 is 1.11 bits per heavy atom. The zero-order chi connectivity index (χ0) is 13.2. The van der Waals surface area contributed by atoms with Crippen LogP contribution < -0.4 is 10.2 Å². The molecule has 0 bridgehead atoms. The van der Waals surface area contributed by atoms with Crippen LogP contribution in [0.2, 0.25) is 0 Å². The molecule has 0 radical (unpaired) electrons. The van der Waals surface area contributed by atoms with Gasteiger partial charge in [-0.05, 0) is 28.4 Å². The normalized spacial score (nSPS) is 18.7. The predicted octanol–water partition coefficient (Wildman–Crippen LogP) is 0.687. The zero-order valence-corrected chi connectivity index (χ0v) is 10.5. The standard InChI is InChI=1S/C14H15BO4/c16-15(17)12-3-1-11-8-13(4-2-10(11)7-12)19-14-5-6-18-9-14/h1-4,7-8,14,16-17H,5-6,9H2. The van der Waals surface area contributed by atoms with E-state index in [1.54, 1.807) is 12.1 Å². The third kappa shape index (κ3) is 2.73. The SMILES string of the molecule is OB(O)c1ccc2cc(OC3CCOC3)ccc2c1. The van der Waals surface area contributed by atoms with Crippen LogP contribution in [-0.2, 0) is 4.74 Å². The first-order chi connectivity index (χ1) is 9.22. The first-order valence-corrected chi connectivity index (χ1v) is 6.36. The third-order valence-corrected chi connectivity index (χ3v) is 3.32. The highest BCUT2D eigenvalue weighted by atomic mass is 16.5. The molecule has 19 heavy (non-hydrogen) atoms. The first kappa shape index (κ1) is 12.5. The molecule has 2 aromatic carbocycles. The lowest BCUT2D eigenvalue weighted by Crippen LogP contribution is -2.29. The Morgan fingerprint density at radius 2 is 1.89 bits per heavy atom. The molecular formula is C14H15BO4. The van der Waals surface area contributed by atoms with E-state index in [0.29, 0.717) is 12.1 Å². The summed E-state index contributed by atoms with van der Waals surface area (Å²) in [7, 11) is -1.43. The summed E-state index contributed by atoms with van der Waals surface area (Å²) >= 11 is 0. The quantitative estimate of drug-likeness (QED) is 0.795. The molecule has 0 saturated carbocycles. The fraction of sp³-hybridized carbons (Fsp3) is 0.286. The number of hydrogen-bond donors (Lipinski definition) is 2. The molecule has 5 heteroatoms. The molecule has 98 valence electrons. The van der Waals surface area contributed by atoms with E-state index in [9.17, 15) is 0 Å². The topological polar surface area (TPSA) is 58.9 Å². The van der Waals surface area contributed by atoms with Crippen LogP contribution in [0.1, 0.15) is 6.42 Å². The smallest absolute Gasteiger partial charge is 0.488 e. The van der Waals surface area contributed by atoms with E-state index in [-0.39, 0.29) is 6.10 Å². The number of fused-ring (bicyclic) bond motifs is 1. The van der Waals surface area contributed by atoms with E-state index in [0.717, 1.165) is 29.5 Å². The molecular weight excluding hydrogens is 243 g/mol. The molecule has 2 N–H and O–H groups in total. The van der Waals surface area contributed by atoms with Gasteiger partial charge in [0.05, 0.1) is 13.2 Å². The Hall–Kier alpha value is -1.56. The van der Waals surface area contributed by atoms with Gasteiger partial charge in [-0.1, -0.05) is 24.3 Å². The van der Waals surface area contributed by atoms with Gasteiger partial charge in [-0.15, -0.1) is 0 Å².